The van der Waals surface area contributed by atoms with E-state index in [1.807, 2.05) is 6.92 Å². The van der Waals surface area contributed by atoms with E-state index in [0.29, 0.717) is 45.0 Å². The van der Waals surface area contributed by atoms with E-state index >= 15 is 0 Å². The van der Waals surface area contributed by atoms with Gasteiger partial charge in [-0.2, -0.15) is 18.3 Å². The first-order valence-corrected chi connectivity index (χ1v) is 9.97. The maximum atomic E-state index is 13.1. The third-order valence-electron chi connectivity index (χ3n) is 4.63. The summed E-state index contributed by atoms with van der Waals surface area (Å²) in [7, 11) is 2.64. The summed E-state index contributed by atoms with van der Waals surface area (Å²) in [6.45, 7) is 3.67. The first-order valence-electron chi connectivity index (χ1n) is 9.97. The molecule has 0 saturated heterocycles. The Hall–Kier alpha value is -4.29. The molecule has 3 heterocycles. The topological polar surface area (TPSA) is 116 Å². The van der Waals surface area contributed by atoms with Crippen molar-refractivity contribution in [1.82, 2.24) is 34.7 Å². The highest BCUT2D eigenvalue weighted by atomic mass is 19.4. The Bertz CT molecular complexity index is 1320. The second kappa shape index (κ2) is 8.92. The molecule has 0 aliphatic heterocycles. The lowest BCUT2D eigenvalue weighted by molar-refractivity contribution is -0.147. The summed E-state index contributed by atoms with van der Waals surface area (Å²) < 4.78 is 45.3. The fraction of sp³-hybridized carbons (Fsp3) is 0.238. The van der Waals surface area contributed by atoms with Crippen LogP contribution in [0.3, 0.4) is 0 Å². The molecule has 0 saturated carbocycles. The number of aryl methyl sites for hydroxylation is 3. The molecule has 0 unspecified atom stereocenters. The second-order valence-corrected chi connectivity index (χ2v) is 7.28. The lowest BCUT2D eigenvalue weighted by Gasteiger charge is -2.12. The van der Waals surface area contributed by atoms with Gasteiger partial charge in [0.2, 0.25) is 5.82 Å². The zero-order valence-corrected chi connectivity index (χ0v) is 18.6. The molecule has 0 aliphatic rings. The Morgan fingerprint density at radius 3 is 2.29 bits per heavy atom. The minimum atomic E-state index is -4.60. The molecule has 3 aromatic heterocycles. The Balaban J connectivity index is 1.57. The second-order valence-electron chi connectivity index (χ2n) is 7.28. The van der Waals surface area contributed by atoms with E-state index in [-0.39, 0.29) is 5.82 Å². The van der Waals surface area contributed by atoms with Gasteiger partial charge in [0.15, 0.2) is 5.82 Å². The largest absolute Gasteiger partial charge is 0.495 e. The van der Waals surface area contributed by atoms with Crippen LogP contribution in [0.2, 0.25) is 0 Å². The van der Waals surface area contributed by atoms with Crippen molar-refractivity contribution in [3.63, 3.8) is 0 Å². The van der Waals surface area contributed by atoms with Gasteiger partial charge in [-0.05, 0) is 32.0 Å². The van der Waals surface area contributed by atoms with Gasteiger partial charge in [-0.25, -0.2) is 29.6 Å². The SMILES string of the molecule is COc1cc(-c2nc(C(F)(F)F)n(C)n2)ccc1Nc1cc(Nc2cc(C)nc(C)n2)ncn1. The Labute approximate surface area is 192 Å². The van der Waals surface area contributed by atoms with Crippen molar-refractivity contribution in [2.24, 2.45) is 7.05 Å². The first kappa shape index (κ1) is 22.9. The van der Waals surface area contributed by atoms with E-state index in [4.69, 9.17) is 4.74 Å². The average molecular weight is 471 g/mol. The molecular weight excluding hydrogens is 451 g/mol. The minimum Gasteiger partial charge on any atom is -0.495 e. The number of methoxy groups -OCH3 is 1. The number of ether oxygens (including phenoxy) is 1. The van der Waals surface area contributed by atoms with Crippen molar-refractivity contribution < 1.29 is 17.9 Å². The smallest absolute Gasteiger partial charge is 0.451 e. The summed E-state index contributed by atoms with van der Waals surface area (Å²) in [4.78, 5) is 20.6. The van der Waals surface area contributed by atoms with Crippen LogP contribution in [-0.4, -0.2) is 41.8 Å². The highest BCUT2D eigenvalue weighted by molar-refractivity contribution is 5.71. The van der Waals surface area contributed by atoms with Crippen LogP contribution >= 0.6 is 0 Å². The number of alkyl halides is 3. The van der Waals surface area contributed by atoms with Crippen molar-refractivity contribution in [3.8, 4) is 17.1 Å². The molecule has 10 nitrogen and oxygen atoms in total. The summed E-state index contributed by atoms with van der Waals surface area (Å²) >= 11 is 0. The molecule has 0 bridgehead atoms. The highest BCUT2D eigenvalue weighted by Crippen LogP contribution is 2.33. The average Bonchev–Trinajstić information content (AvgIpc) is 3.16. The van der Waals surface area contributed by atoms with Crippen molar-refractivity contribution >= 4 is 23.1 Å². The van der Waals surface area contributed by atoms with Crippen LogP contribution < -0.4 is 15.4 Å². The molecule has 0 atom stereocenters. The highest BCUT2D eigenvalue weighted by Gasteiger charge is 2.37. The van der Waals surface area contributed by atoms with Crippen molar-refractivity contribution in [1.29, 1.82) is 0 Å². The van der Waals surface area contributed by atoms with Gasteiger partial charge < -0.3 is 15.4 Å². The summed E-state index contributed by atoms with van der Waals surface area (Å²) in [5.74, 6) is 1.41. The van der Waals surface area contributed by atoms with Crippen molar-refractivity contribution in [2.75, 3.05) is 17.7 Å². The Morgan fingerprint density at radius 2 is 1.65 bits per heavy atom. The fourth-order valence-corrected chi connectivity index (χ4v) is 3.23. The molecule has 13 heteroatoms. The lowest BCUT2D eigenvalue weighted by atomic mass is 10.1. The number of halogens is 3. The molecule has 0 spiro atoms. The summed E-state index contributed by atoms with van der Waals surface area (Å²) in [6, 6.07) is 8.25. The summed E-state index contributed by atoms with van der Waals surface area (Å²) in [5, 5.41) is 10.1. The first-order chi connectivity index (χ1) is 16.1. The maximum Gasteiger partial charge on any atom is 0.451 e. The van der Waals surface area contributed by atoms with Crippen LogP contribution in [0.5, 0.6) is 5.75 Å². The van der Waals surface area contributed by atoms with E-state index in [2.05, 4.69) is 40.7 Å². The number of nitrogens with zero attached hydrogens (tertiary/aromatic N) is 7. The third kappa shape index (κ3) is 5.03. The molecule has 1 aromatic carbocycles. The molecule has 4 aromatic rings. The molecular formula is C21H20F3N9O. The standard InChI is InChI=1S/C21H20F3N9O/c1-11-7-18(28-12(2)27-11)30-17-9-16(25-10-26-17)29-14-6-5-13(8-15(14)34-4)19-31-20(21(22,23)24)33(3)32-19/h5-10H,1-4H3,(H2,25,26,27,28,29,30). The monoisotopic (exact) mass is 471 g/mol. The van der Waals surface area contributed by atoms with Crippen molar-refractivity contribution in [2.45, 2.75) is 20.0 Å². The van der Waals surface area contributed by atoms with Gasteiger partial charge in [0.05, 0.1) is 12.8 Å². The number of rotatable bonds is 6. The summed E-state index contributed by atoms with van der Waals surface area (Å²) in [5.41, 5.74) is 1.72. The predicted octanol–water partition coefficient (Wildman–Crippen LogP) is 4.19. The zero-order chi connectivity index (χ0) is 24.5. The molecule has 0 radical (unpaired) electrons. The molecule has 2 N–H and O–H groups in total. The van der Waals surface area contributed by atoms with Gasteiger partial charge >= 0.3 is 6.18 Å². The molecule has 34 heavy (non-hydrogen) atoms. The summed E-state index contributed by atoms with van der Waals surface area (Å²) in [6.07, 6.45) is -3.23. The van der Waals surface area contributed by atoms with Gasteiger partial charge in [-0.3, -0.25) is 0 Å². The third-order valence-corrected chi connectivity index (χ3v) is 4.63. The lowest BCUT2D eigenvalue weighted by Crippen LogP contribution is -2.13. The molecule has 176 valence electrons. The minimum absolute atomic E-state index is 0.0661. The van der Waals surface area contributed by atoms with Gasteiger partial charge in [0.25, 0.3) is 0 Å². The van der Waals surface area contributed by atoms with Crippen LogP contribution in [0.1, 0.15) is 17.3 Å². The molecule has 0 fully saturated rings. The van der Waals surface area contributed by atoms with E-state index in [1.165, 1.54) is 20.5 Å². The van der Waals surface area contributed by atoms with Crippen LogP contribution in [0.25, 0.3) is 11.4 Å². The fourth-order valence-electron chi connectivity index (χ4n) is 3.23. The van der Waals surface area contributed by atoms with Gasteiger partial charge in [-0.1, -0.05) is 0 Å². The van der Waals surface area contributed by atoms with E-state index in [9.17, 15) is 13.2 Å². The predicted molar refractivity (Wildman–Crippen MR) is 118 cm³/mol. The Kier molecular flexibility index (Phi) is 6.01. The van der Waals surface area contributed by atoms with E-state index < -0.39 is 12.0 Å². The maximum absolute atomic E-state index is 13.1. The number of nitrogens with one attached hydrogen (secondary N) is 2. The number of benzene rings is 1. The zero-order valence-electron chi connectivity index (χ0n) is 18.6. The van der Waals surface area contributed by atoms with Crippen molar-refractivity contribution in [3.05, 3.63) is 54.0 Å². The number of hydrogen-bond donors (Lipinski definition) is 2. The van der Waals surface area contributed by atoms with Crippen LogP contribution in [-0.2, 0) is 13.2 Å². The van der Waals surface area contributed by atoms with Crippen LogP contribution in [0, 0.1) is 13.8 Å². The number of aromatic nitrogens is 7. The Morgan fingerprint density at radius 1 is 0.912 bits per heavy atom. The van der Waals surface area contributed by atoms with Gasteiger partial charge in [-0.15, -0.1) is 0 Å². The van der Waals surface area contributed by atoms with Crippen LogP contribution in [0.15, 0.2) is 36.7 Å². The van der Waals surface area contributed by atoms with Gasteiger partial charge in [0, 0.05) is 30.4 Å². The van der Waals surface area contributed by atoms with E-state index in [0.717, 1.165) is 5.69 Å². The molecule has 0 aliphatic carbocycles. The molecule has 4 rings (SSSR count). The molecule has 0 amide bonds. The van der Waals surface area contributed by atoms with Crippen LogP contribution in [0.4, 0.5) is 36.3 Å². The number of hydrogen-bond acceptors (Lipinski definition) is 9. The number of anilines is 4. The van der Waals surface area contributed by atoms with E-state index in [1.54, 1.807) is 37.3 Å². The normalized spacial score (nSPS) is 11.4. The van der Waals surface area contributed by atoms with Gasteiger partial charge in [0.1, 0.15) is 35.4 Å². The quantitative estimate of drug-likeness (QED) is 0.427.